The minimum absolute atomic E-state index is 0.199. The fraction of sp³-hybridized carbons (Fsp3) is 0.471. The summed E-state index contributed by atoms with van der Waals surface area (Å²) in [5, 5.41) is 4.65. The zero-order valence-electron chi connectivity index (χ0n) is 13.6. The Kier molecular flexibility index (Phi) is 5.79. The van der Waals surface area contributed by atoms with E-state index in [0.717, 1.165) is 24.9 Å². The Morgan fingerprint density at radius 2 is 2.17 bits per heavy atom. The van der Waals surface area contributed by atoms with Crippen LogP contribution in [0.15, 0.2) is 28.8 Å². The summed E-state index contributed by atoms with van der Waals surface area (Å²) in [7, 11) is 0. The van der Waals surface area contributed by atoms with Gasteiger partial charge < -0.3 is 9.42 Å². The molecular weight excluding hydrogens is 346 g/mol. The van der Waals surface area contributed by atoms with E-state index in [1.807, 2.05) is 17.0 Å². The number of carbonyl (C=O) groups is 1. The first-order valence-electron chi connectivity index (χ1n) is 8.09. The predicted octanol–water partition coefficient (Wildman–Crippen LogP) is 4.02. The van der Waals surface area contributed by atoms with Crippen molar-refractivity contribution in [3.63, 3.8) is 0 Å². The van der Waals surface area contributed by atoms with Crippen LogP contribution in [0, 0.1) is 0 Å². The lowest BCUT2D eigenvalue weighted by atomic mass is 10.0. The lowest BCUT2D eigenvalue weighted by molar-refractivity contribution is -0.131. The zero-order chi connectivity index (χ0) is 16.9. The molecule has 1 aliphatic rings. The first-order chi connectivity index (χ1) is 11.6. The highest BCUT2D eigenvalue weighted by atomic mass is 35.5. The minimum Gasteiger partial charge on any atom is -0.339 e. The van der Waals surface area contributed by atoms with Crippen molar-refractivity contribution in [2.75, 3.05) is 12.3 Å². The highest BCUT2D eigenvalue weighted by molar-refractivity contribution is 7.99. The SMILES string of the molecule is CC1CCCCN1C(=O)CSCc1nc(-c2ccc(Cl)cc2)no1. The van der Waals surface area contributed by atoms with Crippen molar-refractivity contribution in [2.45, 2.75) is 38.0 Å². The summed E-state index contributed by atoms with van der Waals surface area (Å²) in [6.45, 7) is 3.00. The number of nitrogens with zero attached hydrogens (tertiary/aromatic N) is 3. The molecule has 1 amide bonds. The average molecular weight is 366 g/mol. The number of rotatable bonds is 5. The van der Waals surface area contributed by atoms with Gasteiger partial charge in [0.2, 0.25) is 17.6 Å². The van der Waals surface area contributed by atoms with Crippen LogP contribution in [-0.4, -0.2) is 39.3 Å². The second-order valence-corrected chi connectivity index (χ2v) is 7.37. The number of carbonyl (C=O) groups excluding carboxylic acids is 1. The molecule has 5 nitrogen and oxygen atoms in total. The van der Waals surface area contributed by atoms with Gasteiger partial charge in [0.15, 0.2) is 0 Å². The van der Waals surface area contributed by atoms with Gasteiger partial charge in [0.25, 0.3) is 0 Å². The molecule has 128 valence electrons. The first kappa shape index (κ1) is 17.3. The van der Waals surface area contributed by atoms with E-state index >= 15 is 0 Å². The molecule has 1 atom stereocenters. The van der Waals surface area contributed by atoms with Crippen molar-refractivity contribution in [1.29, 1.82) is 0 Å². The van der Waals surface area contributed by atoms with E-state index in [1.54, 1.807) is 12.1 Å². The van der Waals surface area contributed by atoms with Gasteiger partial charge in [0, 0.05) is 23.2 Å². The summed E-state index contributed by atoms with van der Waals surface area (Å²) < 4.78 is 5.26. The van der Waals surface area contributed by atoms with Gasteiger partial charge in [-0.1, -0.05) is 16.8 Å². The summed E-state index contributed by atoms with van der Waals surface area (Å²) in [6, 6.07) is 7.64. The number of halogens is 1. The summed E-state index contributed by atoms with van der Waals surface area (Å²) in [4.78, 5) is 18.6. The van der Waals surface area contributed by atoms with Crippen LogP contribution < -0.4 is 0 Å². The van der Waals surface area contributed by atoms with Crippen LogP contribution >= 0.6 is 23.4 Å². The number of aromatic nitrogens is 2. The average Bonchev–Trinajstić information content (AvgIpc) is 3.04. The molecule has 1 aromatic heterocycles. The van der Waals surface area contributed by atoms with Gasteiger partial charge in [-0.3, -0.25) is 4.79 Å². The van der Waals surface area contributed by atoms with Gasteiger partial charge in [-0.15, -0.1) is 11.8 Å². The summed E-state index contributed by atoms with van der Waals surface area (Å²) in [5.74, 6) is 2.25. The Morgan fingerprint density at radius 1 is 1.38 bits per heavy atom. The molecule has 1 aromatic carbocycles. The molecule has 7 heteroatoms. The quantitative estimate of drug-likeness (QED) is 0.800. The third-order valence-corrected chi connectivity index (χ3v) is 5.30. The summed E-state index contributed by atoms with van der Waals surface area (Å²) in [6.07, 6.45) is 3.42. The van der Waals surface area contributed by atoms with Crippen molar-refractivity contribution in [2.24, 2.45) is 0 Å². The van der Waals surface area contributed by atoms with Crippen molar-refractivity contribution < 1.29 is 9.32 Å². The molecule has 1 fully saturated rings. The van der Waals surface area contributed by atoms with Crippen LogP contribution in [0.5, 0.6) is 0 Å². The number of likely N-dealkylation sites (tertiary alicyclic amines) is 1. The van der Waals surface area contributed by atoms with E-state index in [0.29, 0.717) is 34.3 Å². The van der Waals surface area contributed by atoms with E-state index in [9.17, 15) is 4.79 Å². The predicted molar refractivity (Wildman–Crippen MR) is 95.9 cm³/mol. The van der Waals surface area contributed by atoms with E-state index in [-0.39, 0.29) is 5.91 Å². The maximum absolute atomic E-state index is 12.3. The second kappa shape index (κ2) is 8.03. The molecule has 0 spiro atoms. The van der Waals surface area contributed by atoms with Gasteiger partial charge in [-0.25, -0.2) is 0 Å². The zero-order valence-corrected chi connectivity index (χ0v) is 15.1. The number of hydrogen-bond donors (Lipinski definition) is 0. The molecule has 2 heterocycles. The molecular formula is C17H20ClN3O2S. The third-order valence-electron chi connectivity index (χ3n) is 4.14. The molecule has 1 saturated heterocycles. The minimum atomic E-state index is 0.199. The lowest BCUT2D eigenvalue weighted by Crippen LogP contribution is -2.42. The highest BCUT2D eigenvalue weighted by Crippen LogP contribution is 2.21. The van der Waals surface area contributed by atoms with E-state index in [1.165, 1.54) is 18.2 Å². The molecule has 0 bridgehead atoms. The molecule has 0 radical (unpaired) electrons. The van der Waals surface area contributed by atoms with Crippen LogP contribution in [0.3, 0.4) is 0 Å². The Morgan fingerprint density at radius 3 is 2.92 bits per heavy atom. The third kappa shape index (κ3) is 4.30. The summed E-state index contributed by atoms with van der Waals surface area (Å²) in [5.41, 5.74) is 0.859. The van der Waals surface area contributed by atoms with Crippen LogP contribution in [-0.2, 0) is 10.5 Å². The topological polar surface area (TPSA) is 59.2 Å². The lowest BCUT2D eigenvalue weighted by Gasteiger charge is -2.33. The van der Waals surface area contributed by atoms with Crippen molar-refractivity contribution in [3.8, 4) is 11.4 Å². The Balaban J connectivity index is 1.50. The fourth-order valence-electron chi connectivity index (χ4n) is 2.81. The Hall–Kier alpha value is -1.53. The number of benzene rings is 1. The van der Waals surface area contributed by atoms with Crippen LogP contribution in [0.25, 0.3) is 11.4 Å². The van der Waals surface area contributed by atoms with Gasteiger partial charge in [-0.2, -0.15) is 4.98 Å². The normalized spacial score (nSPS) is 17.9. The fourth-order valence-corrected chi connectivity index (χ4v) is 3.67. The monoisotopic (exact) mass is 365 g/mol. The number of piperidine rings is 1. The van der Waals surface area contributed by atoms with Crippen LogP contribution in [0.2, 0.25) is 5.02 Å². The van der Waals surface area contributed by atoms with Crippen molar-refractivity contribution in [3.05, 3.63) is 35.2 Å². The van der Waals surface area contributed by atoms with Gasteiger partial charge in [-0.05, 0) is 50.5 Å². The summed E-state index contributed by atoms with van der Waals surface area (Å²) >= 11 is 7.39. The second-order valence-electron chi connectivity index (χ2n) is 5.94. The standard InChI is InChI=1S/C17H20ClN3O2S/c1-12-4-2-3-9-21(12)16(22)11-24-10-15-19-17(20-23-15)13-5-7-14(18)8-6-13/h5-8,12H,2-4,9-11H2,1H3. The molecule has 1 unspecified atom stereocenters. The Bertz CT molecular complexity index is 689. The van der Waals surface area contributed by atoms with Crippen molar-refractivity contribution in [1.82, 2.24) is 15.0 Å². The Labute approximate surface area is 150 Å². The smallest absolute Gasteiger partial charge is 0.236 e. The number of thioether (sulfide) groups is 1. The molecule has 2 aromatic rings. The molecule has 0 saturated carbocycles. The molecule has 0 aliphatic carbocycles. The largest absolute Gasteiger partial charge is 0.339 e. The van der Waals surface area contributed by atoms with E-state index < -0.39 is 0 Å². The number of hydrogen-bond acceptors (Lipinski definition) is 5. The van der Waals surface area contributed by atoms with Crippen LogP contribution in [0.1, 0.15) is 32.1 Å². The molecule has 3 rings (SSSR count). The van der Waals surface area contributed by atoms with Gasteiger partial charge in [0.1, 0.15) is 0 Å². The van der Waals surface area contributed by atoms with E-state index in [4.69, 9.17) is 16.1 Å². The maximum atomic E-state index is 12.3. The van der Waals surface area contributed by atoms with Crippen molar-refractivity contribution >= 4 is 29.3 Å². The highest BCUT2D eigenvalue weighted by Gasteiger charge is 2.23. The van der Waals surface area contributed by atoms with Crippen LogP contribution in [0.4, 0.5) is 0 Å². The van der Waals surface area contributed by atoms with Gasteiger partial charge in [0.05, 0.1) is 11.5 Å². The molecule has 24 heavy (non-hydrogen) atoms. The first-order valence-corrected chi connectivity index (χ1v) is 9.62. The maximum Gasteiger partial charge on any atom is 0.236 e. The molecule has 1 aliphatic heterocycles. The molecule has 0 N–H and O–H groups in total. The van der Waals surface area contributed by atoms with Gasteiger partial charge >= 0.3 is 0 Å². The van der Waals surface area contributed by atoms with E-state index in [2.05, 4.69) is 17.1 Å². The number of amides is 1.